The number of halogens is 1. The minimum absolute atomic E-state index is 0.00648. The average molecular weight is 147 g/mol. The standard InChI is InChI=1S/C5H6FNO3/c6-7-3(5(9)10)1-2-4(7)8/h3H,1-2H2,(H,9,10). The summed E-state index contributed by atoms with van der Waals surface area (Å²) in [7, 11) is 0. The van der Waals surface area contributed by atoms with Gasteiger partial charge in [-0.1, -0.05) is 4.48 Å². The number of rotatable bonds is 1. The molecule has 10 heavy (non-hydrogen) atoms. The Balaban J connectivity index is 2.66. The van der Waals surface area contributed by atoms with Gasteiger partial charge in [-0.3, -0.25) is 4.79 Å². The van der Waals surface area contributed by atoms with E-state index in [1.165, 1.54) is 0 Å². The summed E-state index contributed by atoms with van der Waals surface area (Å²) in [4.78, 5) is 20.5. The van der Waals surface area contributed by atoms with Gasteiger partial charge in [-0.15, -0.1) is 0 Å². The molecule has 1 amide bonds. The zero-order valence-corrected chi connectivity index (χ0v) is 5.08. The lowest BCUT2D eigenvalue weighted by atomic mass is 10.2. The van der Waals surface area contributed by atoms with E-state index < -0.39 is 17.9 Å². The maximum Gasteiger partial charge on any atom is 0.329 e. The van der Waals surface area contributed by atoms with E-state index in [1.807, 2.05) is 0 Å². The Kier molecular flexibility index (Phi) is 1.57. The second kappa shape index (κ2) is 2.24. The lowest BCUT2D eigenvalue weighted by Crippen LogP contribution is -2.31. The number of carbonyl (C=O) groups excluding carboxylic acids is 1. The average Bonchev–Trinajstić information content (AvgIpc) is 2.14. The van der Waals surface area contributed by atoms with Crippen molar-refractivity contribution < 1.29 is 19.2 Å². The van der Waals surface area contributed by atoms with Crippen molar-refractivity contribution in [2.75, 3.05) is 0 Å². The molecular weight excluding hydrogens is 141 g/mol. The first-order valence-corrected chi connectivity index (χ1v) is 2.83. The van der Waals surface area contributed by atoms with Gasteiger partial charge in [0, 0.05) is 6.42 Å². The summed E-state index contributed by atoms with van der Waals surface area (Å²) in [6.45, 7) is 0. The summed E-state index contributed by atoms with van der Waals surface area (Å²) >= 11 is 0. The molecule has 0 aliphatic carbocycles. The lowest BCUT2D eigenvalue weighted by Gasteiger charge is -2.08. The minimum Gasteiger partial charge on any atom is -0.480 e. The molecule has 1 fully saturated rings. The van der Waals surface area contributed by atoms with E-state index in [9.17, 15) is 14.1 Å². The topological polar surface area (TPSA) is 57.6 Å². The molecular formula is C5H6FNO3. The molecule has 5 heteroatoms. The highest BCUT2D eigenvalue weighted by Gasteiger charge is 2.36. The van der Waals surface area contributed by atoms with Crippen LogP contribution in [0.5, 0.6) is 0 Å². The van der Waals surface area contributed by atoms with Crippen molar-refractivity contribution in [3.05, 3.63) is 0 Å². The maximum absolute atomic E-state index is 12.3. The molecule has 1 saturated heterocycles. The predicted molar refractivity (Wildman–Crippen MR) is 28.6 cm³/mol. The van der Waals surface area contributed by atoms with Crippen LogP contribution in [0.4, 0.5) is 4.48 Å². The Morgan fingerprint density at radius 2 is 2.40 bits per heavy atom. The van der Waals surface area contributed by atoms with Gasteiger partial charge in [-0.2, -0.15) is 5.12 Å². The number of carboxylic acids is 1. The second-order valence-electron chi connectivity index (χ2n) is 2.10. The highest BCUT2D eigenvalue weighted by Crippen LogP contribution is 2.18. The zero-order chi connectivity index (χ0) is 7.72. The number of nitrogens with zero attached hydrogens (tertiary/aromatic N) is 1. The summed E-state index contributed by atoms with van der Waals surface area (Å²) in [5.74, 6) is -2.03. The molecule has 0 aromatic carbocycles. The third kappa shape index (κ3) is 0.940. The molecule has 0 saturated carbocycles. The number of hydrogen-bond acceptors (Lipinski definition) is 2. The number of amides is 1. The largest absolute Gasteiger partial charge is 0.480 e. The van der Waals surface area contributed by atoms with Crippen molar-refractivity contribution in [3.8, 4) is 0 Å². The van der Waals surface area contributed by atoms with Crippen LogP contribution in [0.1, 0.15) is 12.8 Å². The minimum atomic E-state index is -1.28. The van der Waals surface area contributed by atoms with Crippen LogP contribution in [-0.2, 0) is 9.59 Å². The van der Waals surface area contributed by atoms with Gasteiger partial charge in [0.05, 0.1) is 0 Å². The first kappa shape index (κ1) is 6.98. The molecule has 0 radical (unpaired) electrons. The summed E-state index contributed by atoms with van der Waals surface area (Å²) in [5, 5.41) is 8.05. The fourth-order valence-corrected chi connectivity index (χ4v) is 0.875. The fraction of sp³-hybridized carbons (Fsp3) is 0.600. The zero-order valence-electron chi connectivity index (χ0n) is 5.08. The quantitative estimate of drug-likeness (QED) is 0.529. The van der Waals surface area contributed by atoms with Gasteiger partial charge in [0.1, 0.15) is 0 Å². The summed E-state index contributed by atoms with van der Waals surface area (Å²) in [6.07, 6.45) is 0.0676. The van der Waals surface area contributed by atoms with Crippen molar-refractivity contribution in [1.29, 1.82) is 0 Å². The number of carbonyl (C=O) groups is 2. The molecule has 1 aliphatic heterocycles. The van der Waals surface area contributed by atoms with E-state index in [2.05, 4.69) is 0 Å². The highest BCUT2D eigenvalue weighted by atomic mass is 19.2. The first-order valence-electron chi connectivity index (χ1n) is 2.83. The summed E-state index contributed by atoms with van der Waals surface area (Å²) in [6, 6.07) is -1.26. The van der Waals surface area contributed by atoms with Gasteiger partial charge in [0.25, 0.3) is 5.91 Å². The molecule has 0 aromatic rings. The Labute approximate surface area is 56.2 Å². The van der Waals surface area contributed by atoms with Gasteiger partial charge in [-0.05, 0) is 6.42 Å². The van der Waals surface area contributed by atoms with Crippen molar-refractivity contribution >= 4 is 11.9 Å². The van der Waals surface area contributed by atoms with Crippen LogP contribution in [0.2, 0.25) is 0 Å². The van der Waals surface area contributed by atoms with E-state index in [0.29, 0.717) is 0 Å². The van der Waals surface area contributed by atoms with Gasteiger partial charge in [-0.25, -0.2) is 4.79 Å². The maximum atomic E-state index is 12.3. The van der Waals surface area contributed by atoms with Crippen molar-refractivity contribution in [3.63, 3.8) is 0 Å². The van der Waals surface area contributed by atoms with Gasteiger partial charge >= 0.3 is 5.97 Å². The molecule has 1 aliphatic rings. The van der Waals surface area contributed by atoms with Crippen molar-refractivity contribution in [1.82, 2.24) is 5.12 Å². The third-order valence-electron chi connectivity index (χ3n) is 1.43. The number of aliphatic carboxylic acids is 1. The van der Waals surface area contributed by atoms with E-state index in [4.69, 9.17) is 5.11 Å². The summed E-state index contributed by atoms with van der Waals surface area (Å²) in [5.41, 5.74) is 0. The lowest BCUT2D eigenvalue weighted by molar-refractivity contribution is -0.158. The van der Waals surface area contributed by atoms with E-state index in [0.717, 1.165) is 0 Å². The fourth-order valence-electron chi connectivity index (χ4n) is 0.875. The molecule has 1 unspecified atom stereocenters. The van der Waals surface area contributed by atoms with Crippen LogP contribution >= 0.6 is 0 Å². The SMILES string of the molecule is O=C(O)C1CCC(=O)N1F. The monoisotopic (exact) mass is 147 g/mol. The van der Waals surface area contributed by atoms with E-state index >= 15 is 0 Å². The molecule has 1 N–H and O–H groups in total. The molecule has 1 atom stereocenters. The van der Waals surface area contributed by atoms with Gasteiger partial charge in [0.2, 0.25) is 0 Å². The van der Waals surface area contributed by atoms with Crippen LogP contribution in [0.15, 0.2) is 0 Å². The number of hydrogen-bond donors (Lipinski definition) is 1. The molecule has 1 rings (SSSR count). The second-order valence-corrected chi connectivity index (χ2v) is 2.10. The Morgan fingerprint density at radius 3 is 2.60 bits per heavy atom. The van der Waals surface area contributed by atoms with Crippen LogP contribution in [0.3, 0.4) is 0 Å². The molecule has 0 spiro atoms. The molecule has 1 heterocycles. The molecule has 4 nitrogen and oxygen atoms in total. The predicted octanol–water partition coefficient (Wildman–Crippen LogP) is -0.0535. The highest BCUT2D eigenvalue weighted by molar-refractivity contribution is 5.86. The van der Waals surface area contributed by atoms with E-state index in [1.54, 1.807) is 0 Å². The van der Waals surface area contributed by atoms with Crippen LogP contribution < -0.4 is 0 Å². The Hall–Kier alpha value is -1.13. The first-order chi connectivity index (χ1) is 4.63. The molecule has 56 valence electrons. The van der Waals surface area contributed by atoms with Gasteiger partial charge in [0.15, 0.2) is 6.04 Å². The summed E-state index contributed by atoms with van der Waals surface area (Å²) < 4.78 is 12.3. The van der Waals surface area contributed by atoms with Gasteiger partial charge < -0.3 is 5.11 Å². The van der Waals surface area contributed by atoms with Crippen LogP contribution in [-0.4, -0.2) is 28.1 Å². The van der Waals surface area contributed by atoms with Crippen LogP contribution in [0, 0.1) is 0 Å². The molecule has 0 bridgehead atoms. The van der Waals surface area contributed by atoms with Crippen LogP contribution in [0.25, 0.3) is 0 Å². The van der Waals surface area contributed by atoms with E-state index in [-0.39, 0.29) is 18.0 Å². The Morgan fingerprint density at radius 1 is 1.80 bits per heavy atom. The normalized spacial score (nSPS) is 25.5. The number of carboxylic acid groups (broad SMARTS) is 1. The Bertz CT molecular complexity index is 182. The van der Waals surface area contributed by atoms with Crippen molar-refractivity contribution in [2.45, 2.75) is 18.9 Å². The third-order valence-corrected chi connectivity index (χ3v) is 1.43. The smallest absolute Gasteiger partial charge is 0.329 e. The molecule has 0 aromatic heterocycles. The van der Waals surface area contributed by atoms with Crippen molar-refractivity contribution in [2.24, 2.45) is 0 Å².